The highest BCUT2D eigenvalue weighted by Gasteiger charge is 2.15. The third-order valence-corrected chi connectivity index (χ3v) is 2.41. The molecule has 64 valence electrons. The van der Waals surface area contributed by atoms with Gasteiger partial charge in [-0.3, -0.25) is 4.79 Å². The first kappa shape index (κ1) is 8.87. The second kappa shape index (κ2) is 4.62. The second-order valence-corrected chi connectivity index (χ2v) is 3.65. The number of piperazine rings is 1. The molecule has 1 atom stereocenters. The first-order valence-electron chi connectivity index (χ1n) is 3.82. The zero-order chi connectivity index (χ0) is 8.10. The van der Waals surface area contributed by atoms with Crippen LogP contribution >= 0.6 is 11.8 Å². The monoisotopic (exact) mass is 174 g/mol. The van der Waals surface area contributed by atoms with Crippen LogP contribution in [0.25, 0.3) is 0 Å². The summed E-state index contributed by atoms with van der Waals surface area (Å²) in [6, 6.07) is 0.486. The zero-order valence-corrected chi connectivity index (χ0v) is 7.54. The molecule has 0 aromatic rings. The molecule has 0 aromatic carbocycles. The van der Waals surface area contributed by atoms with Gasteiger partial charge in [0.2, 0.25) is 5.91 Å². The predicted octanol–water partition coefficient (Wildman–Crippen LogP) is -0.173. The van der Waals surface area contributed by atoms with Crippen LogP contribution in [0.3, 0.4) is 0 Å². The van der Waals surface area contributed by atoms with Crippen LogP contribution in [-0.4, -0.2) is 37.0 Å². The Kier molecular flexibility index (Phi) is 3.72. The quantitative estimate of drug-likeness (QED) is 0.624. The number of rotatable bonds is 3. The Labute approximate surface area is 71.3 Å². The number of carbonyl (C=O) groups excluding carboxylic acids is 1. The third kappa shape index (κ3) is 3.12. The van der Waals surface area contributed by atoms with Gasteiger partial charge in [-0.1, -0.05) is 0 Å². The molecular weight excluding hydrogens is 160 g/mol. The zero-order valence-electron chi connectivity index (χ0n) is 6.72. The van der Waals surface area contributed by atoms with E-state index in [9.17, 15) is 4.79 Å². The molecule has 11 heavy (non-hydrogen) atoms. The topological polar surface area (TPSA) is 41.1 Å². The van der Waals surface area contributed by atoms with Crippen molar-refractivity contribution in [3.05, 3.63) is 0 Å². The Morgan fingerprint density at radius 1 is 1.73 bits per heavy atom. The minimum Gasteiger partial charge on any atom is -0.353 e. The molecule has 2 N–H and O–H groups in total. The van der Waals surface area contributed by atoms with Crippen molar-refractivity contribution in [3.63, 3.8) is 0 Å². The van der Waals surface area contributed by atoms with Crippen LogP contribution in [0, 0.1) is 0 Å². The molecule has 1 amide bonds. The largest absolute Gasteiger partial charge is 0.353 e. The molecule has 1 rings (SSSR count). The van der Waals surface area contributed by atoms with E-state index in [2.05, 4.69) is 16.9 Å². The molecule has 0 aromatic heterocycles. The van der Waals surface area contributed by atoms with Crippen molar-refractivity contribution in [3.8, 4) is 0 Å². The molecule has 3 nitrogen and oxygen atoms in total. The molecule has 0 aliphatic carbocycles. The van der Waals surface area contributed by atoms with Crippen LogP contribution < -0.4 is 10.6 Å². The fourth-order valence-corrected chi connectivity index (χ4v) is 1.59. The van der Waals surface area contributed by atoms with Crippen LogP contribution in [-0.2, 0) is 4.79 Å². The minimum absolute atomic E-state index is 0.116. The number of thioether (sulfide) groups is 1. The normalized spacial score (nSPS) is 24.8. The highest BCUT2D eigenvalue weighted by atomic mass is 32.2. The highest BCUT2D eigenvalue weighted by Crippen LogP contribution is 2.01. The SMILES string of the molecule is CSCCC1CNC(=O)CN1. The standard InChI is InChI=1S/C7H14N2OS/c1-11-3-2-6-4-9-7(10)5-8-6/h6,8H,2-5H2,1H3,(H,9,10). The number of carbonyl (C=O) groups is 1. The molecule has 0 radical (unpaired) electrons. The van der Waals surface area contributed by atoms with Gasteiger partial charge in [-0.05, 0) is 18.4 Å². The van der Waals surface area contributed by atoms with E-state index in [1.807, 2.05) is 11.8 Å². The lowest BCUT2D eigenvalue weighted by Gasteiger charge is -2.23. The maximum Gasteiger partial charge on any atom is 0.234 e. The summed E-state index contributed by atoms with van der Waals surface area (Å²) in [6.45, 7) is 1.28. The molecule has 1 aliphatic heterocycles. The summed E-state index contributed by atoms with van der Waals surface area (Å²) in [6.07, 6.45) is 3.24. The van der Waals surface area contributed by atoms with Gasteiger partial charge in [0.15, 0.2) is 0 Å². The van der Waals surface area contributed by atoms with Crippen LogP contribution in [0.1, 0.15) is 6.42 Å². The van der Waals surface area contributed by atoms with Gasteiger partial charge in [0.05, 0.1) is 6.54 Å². The Morgan fingerprint density at radius 2 is 2.55 bits per heavy atom. The van der Waals surface area contributed by atoms with Crippen LogP contribution in [0.5, 0.6) is 0 Å². The third-order valence-electron chi connectivity index (χ3n) is 1.77. The summed E-state index contributed by atoms with van der Waals surface area (Å²) < 4.78 is 0. The van der Waals surface area contributed by atoms with Crippen molar-refractivity contribution in [1.29, 1.82) is 0 Å². The summed E-state index contributed by atoms with van der Waals surface area (Å²) in [5.74, 6) is 1.28. The predicted molar refractivity (Wildman–Crippen MR) is 47.8 cm³/mol. The maximum atomic E-state index is 10.7. The molecule has 4 heteroatoms. The van der Waals surface area contributed by atoms with Gasteiger partial charge < -0.3 is 10.6 Å². The minimum atomic E-state index is 0.116. The fourth-order valence-electron chi connectivity index (χ4n) is 1.07. The molecular formula is C7H14N2OS. The first-order valence-corrected chi connectivity index (χ1v) is 5.21. The Hall–Kier alpha value is -0.220. The fraction of sp³-hybridized carbons (Fsp3) is 0.857. The van der Waals surface area contributed by atoms with Gasteiger partial charge in [0.25, 0.3) is 0 Å². The van der Waals surface area contributed by atoms with Crippen molar-refractivity contribution >= 4 is 17.7 Å². The van der Waals surface area contributed by atoms with E-state index in [1.54, 1.807) is 0 Å². The van der Waals surface area contributed by atoms with Crippen molar-refractivity contribution in [2.45, 2.75) is 12.5 Å². The van der Waals surface area contributed by atoms with Crippen LogP contribution in [0.15, 0.2) is 0 Å². The Bertz CT molecular complexity index is 130. The summed E-state index contributed by atoms with van der Waals surface area (Å²) in [4.78, 5) is 10.7. The Morgan fingerprint density at radius 3 is 3.09 bits per heavy atom. The Balaban J connectivity index is 2.12. The van der Waals surface area contributed by atoms with Gasteiger partial charge in [-0.2, -0.15) is 11.8 Å². The second-order valence-electron chi connectivity index (χ2n) is 2.66. The van der Waals surface area contributed by atoms with Gasteiger partial charge in [-0.25, -0.2) is 0 Å². The maximum absolute atomic E-state index is 10.7. The number of hydrogen-bond acceptors (Lipinski definition) is 3. The molecule has 0 spiro atoms. The van der Waals surface area contributed by atoms with Gasteiger partial charge >= 0.3 is 0 Å². The van der Waals surface area contributed by atoms with Crippen molar-refractivity contribution in [1.82, 2.24) is 10.6 Å². The van der Waals surface area contributed by atoms with E-state index in [0.29, 0.717) is 12.6 Å². The van der Waals surface area contributed by atoms with E-state index < -0.39 is 0 Å². The van der Waals surface area contributed by atoms with Gasteiger partial charge in [-0.15, -0.1) is 0 Å². The van der Waals surface area contributed by atoms with E-state index in [1.165, 1.54) is 0 Å². The summed E-state index contributed by atoms with van der Waals surface area (Å²) in [5, 5.41) is 6.01. The van der Waals surface area contributed by atoms with E-state index >= 15 is 0 Å². The van der Waals surface area contributed by atoms with Crippen LogP contribution in [0.2, 0.25) is 0 Å². The molecule has 1 saturated heterocycles. The van der Waals surface area contributed by atoms with Crippen molar-refractivity contribution in [2.75, 3.05) is 25.1 Å². The molecule has 1 fully saturated rings. The average molecular weight is 174 g/mol. The molecule has 0 saturated carbocycles. The smallest absolute Gasteiger partial charge is 0.234 e. The average Bonchev–Trinajstić information content (AvgIpc) is 2.04. The van der Waals surface area contributed by atoms with Crippen molar-refractivity contribution in [2.24, 2.45) is 0 Å². The van der Waals surface area contributed by atoms with Gasteiger partial charge in [0, 0.05) is 12.6 Å². The number of nitrogens with one attached hydrogen (secondary N) is 2. The molecule has 1 aliphatic rings. The van der Waals surface area contributed by atoms with Crippen LogP contribution in [0.4, 0.5) is 0 Å². The van der Waals surface area contributed by atoms with Gasteiger partial charge in [0.1, 0.15) is 0 Å². The van der Waals surface area contributed by atoms with E-state index in [4.69, 9.17) is 0 Å². The highest BCUT2D eigenvalue weighted by molar-refractivity contribution is 7.98. The van der Waals surface area contributed by atoms with E-state index in [0.717, 1.165) is 18.7 Å². The van der Waals surface area contributed by atoms with E-state index in [-0.39, 0.29) is 5.91 Å². The summed E-state index contributed by atoms with van der Waals surface area (Å²) in [5.41, 5.74) is 0. The molecule has 1 heterocycles. The number of amides is 1. The summed E-state index contributed by atoms with van der Waals surface area (Å²) in [7, 11) is 0. The lowest BCUT2D eigenvalue weighted by atomic mass is 10.2. The first-order chi connectivity index (χ1) is 5.33. The van der Waals surface area contributed by atoms with Crippen molar-refractivity contribution < 1.29 is 4.79 Å². The lowest BCUT2D eigenvalue weighted by molar-refractivity contribution is -0.121. The number of hydrogen-bond donors (Lipinski definition) is 2. The molecule has 0 bridgehead atoms. The summed E-state index contributed by atoms with van der Waals surface area (Å²) >= 11 is 1.84. The molecule has 1 unspecified atom stereocenters. The lowest BCUT2D eigenvalue weighted by Crippen LogP contribution is -2.51.